The molecule has 81 heavy (non-hydrogen) atoms. The van der Waals surface area contributed by atoms with Crippen LogP contribution in [0.15, 0.2) is 0 Å². The van der Waals surface area contributed by atoms with Crippen molar-refractivity contribution in [3.63, 3.8) is 0 Å². The summed E-state index contributed by atoms with van der Waals surface area (Å²) in [6, 6.07) is -3.81. The smallest absolute Gasteiger partial charge is 0.187 e. The van der Waals surface area contributed by atoms with Crippen LogP contribution in [0.5, 0.6) is 0 Å². The standard InChI is InChI=1S/C46H80N2O31.2Ac/c1-11-20(53)25(58)29(62)42(68-11)75-35-16(9-52)74-41(19(48)37(35)78-45-32(65)28(61)23(56)14(7-50)72-45)79-38-24(57)17(70-39(33(38)66)46(3,4)5)10-67-40-18(47)36(77-43-30(63)26(59)21(54)12(2)69-43)34(15(8-51)73-40)76-44-31(64)27(60)22(55)13(6-49)71-44;;/h11-45,47-66H,6-10H2,1-5H3;;/q-2;;/t11?,12?,13?,14?,15?,16?,17?,18?,19?,20-,21-,22+,23+,24+,25?,26?,27?,28?,29?,30?,31?,32?,33?,34-,35-,36?,37?,38?,39-,40-,41+,42+,43?,44+,45+;;/m1../s1. The van der Waals surface area contributed by atoms with Crippen molar-refractivity contribution in [2.45, 2.75) is 249 Å². The first-order chi connectivity index (χ1) is 37.1. The maximum Gasteiger partial charge on any atom is 0.187 e. The Labute approximate surface area is 536 Å². The van der Waals surface area contributed by atoms with Crippen molar-refractivity contribution in [2.75, 3.05) is 33.0 Å². The molecule has 2 radical (unpaired) electrons. The Balaban J connectivity index is 0.00000602. The number of hydrogen-bond donors (Lipinski definition) is 18. The molecule has 22 unspecified atom stereocenters. The molecular weight excluding hydrogens is 1530 g/mol. The predicted molar refractivity (Wildman–Crippen MR) is 250 cm³/mol. The van der Waals surface area contributed by atoms with Crippen LogP contribution in [0.25, 0.3) is 11.5 Å². The largest absolute Gasteiger partial charge is 0.668 e. The summed E-state index contributed by atoms with van der Waals surface area (Å²) in [4.78, 5) is 0. The van der Waals surface area contributed by atoms with E-state index in [4.69, 9.17) is 61.6 Å². The molecular formula is C46H80Ac2N2O31-2. The zero-order valence-electron chi connectivity index (χ0n) is 44.8. The third kappa shape index (κ3) is 15.8. The van der Waals surface area contributed by atoms with E-state index in [2.05, 4.69) is 0 Å². The summed E-state index contributed by atoms with van der Waals surface area (Å²) in [5, 5.41) is 193. The molecule has 0 aromatic rings. The van der Waals surface area contributed by atoms with E-state index in [0.29, 0.717) is 0 Å². The molecule has 0 saturated carbocycles. The molecule has 7 aliphatic heterocycles. The zero-order chi connectivity index (χ0) is 58.4. The number of hydrogen-bond acceptors (Lipinski definition) is 31. The SMILES string of the molecule is CC1OC(OC2C([NH-])[C@H](OCC3O[C@@H](C(C)(C)C)C(O)C(O[C@@H]4OC(CO)[C@@H](O[C@@H]5OC(C)[C@@H](O)C(O)C5O)C(O[C@@H]5OC(CO)[C@H](O)C(O)C5O)C4[NH-])[C@H]3O)OC(CO)[C@H]2O[C@@H]2OC(CO)[C@H](O)C(O)C2O)C(O)C(O)[C@@H]1O.[Ac].[Ac]. The molecule has 7 heterocycles. The van der Waals surface area contributed by atoms with Crippen LogP contribution in [0.4, 0.5) is 0 Å². The van der Waals surface area contributed by atoms with Crippen LogP contribution in [-0.2, 0) is 61.6 Å². The van der Waals surface area contributed by atoms with E-state index >= 15 is 0 Å². The van der Waals surface area contributed by atoms with Crippen molar-refractivity contribution in [3.8, 4) is 0 Å². The van der Waals surface area contributed by atoms with Crippen LogP contribution in [0.2, 0.25) is 0 Å². The average molecular weight is 1610 g/mol. The molecule has 35 atom stereocenters. The van der Waals surface area contributed by atoms with E-state index in [9.17, 15) is 103 Å². The molecule has 0 aromatic heterocycles. The maximum atomic E-state index is 12.1. The summed E-state index contributed by atoms with van der Waals surface area (Å²) in [6.07, 6.45) is -57.9. The molecule has 468 valence electrons. The van der Waals surface area contributed by atoms with Gasteiger partial charge in [-0.05, 0) is 19.3 Å². The summed E-state index contributed by atoms with van der Waals surface area (Å²) in [6.45, 7) is 3.17. The Morgan fingerprint density at radius 3 is 1.04 bits per heavy atom. The van der Waals surface area contributed by atoms with Crippen molar-refractivity contribution in [2.24, 2.45) is 5.41 Å². The molecule has 0 aliphatic carbocycles. The van der Waals surface area contributed by atoms with Gasteiger partial charge in [-0.25, -0.2) is 0 Å². The van der Waals surface area contributed by atoms with Gasteiger partial charge in [-0.1, -0.05) is 32.9 Å². The molecule has 0 spiro atoms. The molecule has 33 nitrogen and oxygen atoms in total. The topological polar surface area (TPSA) is 532 Å². The number of aliphatic hydroxyl groups is 18. The fourth-order valence-corrected chi connectivity index (χ4v) is 10.5. The first kappa shape index (κ1) is 73.3. The third-order valence-electron chi connectivity index (χ3n) is 15.4. The number of rotatable bonds is 17. The van der Waals surface area contributed by atoms with Gasteiger partial charge in [0.1, 0.15) is 147 Å². The minimum Gasteiger partial charge on any atom is -0.668 e. The number of nitrogens with one attached hydrogen (secondary N) is 2. The van der Waals surface area contributed by atoms with E-state index in [-0.39, 0.29) is 88.1 Å². The predicted octanol–water partition coefficient (Wildman–Crippen LogP) is -10.0. The Kier molecular flexibility index (Phi) is 28.1. The van der Waals surface area contributed by atoms with Crippen molar-refractivity contribution < 1.29 is 242 Å². The van der Waals surface area contributed by atoms with Gasteiger partial charge in [0.15, 0.2) is 25.2 Å². The third-order valence-corrected chi connectivity index (χ3v) is 15.4. The quantitative estimate of drug-likeness (QED) is 0.0643. The average Bonchev–Trinajstić information content (AvgIpc) is 3.49. The Morgan fingerprint density at radius 2 is 0.654 bits per heavy atom. The molecule has 7 aliphatic rings. The van der Waals surface area contributed by atoms with Crippen LogP contribution in [-0.4, -0.2) is 340 Å². The summed E-state index contributed by atoms with van der Waals surface area (Å²) < 4.78 is 76.8. The van der Waals surface area contributed by atoms with Crippen molar-refractivity contribution >= 4 is 0 Å². The minimum atomic E-state index is -2.06. The van der Waals surface area contributed by atoms with Crippen molar-refractivity contribution in [1.82, 2.24) is 0 Å². The summed E-state index contributed by atoms with van der Waals surface area (Å²) in [7, 11) is 0. The van der Waals surface area contributed by atoms with Gasteiger partial charge in [0.25, 0.3) is 0 Å². The van der Waals surface area contributed by atoms with Crippen LogP contribution in [0.3, 0.4) is 0 Å². The molecule has 0 amide bonds. The van der Waals surface area contributed by atoms with Crippen LogP contribution in [0, 0.1) is 93.5 Å². The summed E-state index contributed by atoms with van der Waals surface area (Å²) in [5.41, 5.74) is 17.8. The summed E-state index contributed by atoms with van der Waals surface area (Å²) in [5.74, 6) is 0. The fourth-order valence-electron chi connectivity index (χ4n) is 10.5. The van der Waals surface area contributed by atoms with E-state index in [1.54, 1.807) is 20.8 Å². The van der Waals surface area contributed by atoms with Crippen LogP contribution < -0.4 is 0 Å². The normalized spacial score (nSPS) is 51.9. The van der Waals surface area contributed by atoms with Gasteiger partial charge < -0.3 is 165 Å². The first-order valence-corrected chi connectivity index (χ1v) is 26.0. The van der Waals surface area contributed by atoms with Gasteiger partial charge in [-0.2, -0.15) is 0 Å². The Bertz CT molecular complexity index is 1900. The molecule has 35 heteroatoms. The summed E-state index contributed by atoms with van der Waals surface area (Å²) >= 11 is 0. The molecule has 7 fully saturated rings. The molecule has 7 saturated heterocycles. The van der Waals surface area contributed by atoms with Crippen LogP contribution in [0.1, 0.15) is 34.6 Å². The second-order valence-electron chi connectivity index (χ2n) is 22.0. The Hall–Kier alpha value is 1.56. The van der Waals surface area contributed by atoms with E-state index in [0.717, 1.165) is 0 Å². The monoisotopic (exact) mass is 1610 g/mol. The second kappa shape index (κ2) is 31.1. The minimum absolute atomic E-state index is 0. The van der Waals surface area contributed by atoms with Gasteiger partial charge in [0, 0.05) is 88.1 Å². The van der Waals surface area contributed by atoms with E-state index in [1.807, 2.05) is 0 Å². The Morgan fingerprint density at radius 1 is 0.333 bits per heavy atom. The molecule has 0 aromatic carbocycles. The van der Waals surface area contributed by atoms with Crippen molar-refractivity contribution in [1.29, 1.82) is 0 Å². The van der Waals surface area contributed by atoms with E-state index in [1.165, 1.54) is 13.8 Å². The van der Waals surface area contributed by atoms with Crippen LogP contribution >= 0.6 is 0 Å². The fraction of sp³-hybridized carbons (Fsp3) is 1.00. The zero-order valence-corrected chi connectivity index (χ0v) is 54.2. The van der Waals surface area contributed by atoms with Gasteiger partial charge in [-0.15, -0.1) is 0 Å². The molecule has 0 bridgehead atoms. The number of ether oxygens (including phenoxy) is 13. The van der Waals surface area contributed by atoms with Gasteiger partial charge in [0.2, 0.25) is 0 Å². The van der Waals surface area contributed by atoms with Gasteiger partial charge in [-0.3, -0.25) is 0 Å². The molecule has 7 rings (SSSR count). The van der Waals surface area contributed by atoms with E-state index < -0.39 is 253 Å². The van der Waals surface area contributed by atoms with Gasteiger partial charge >= 0.3 is 0 Å². The maximum absolute atomic E-state index is 12.1. The molecule has 20 N–H and O–H groups in total. The number of aliphatic hydroxyl groups excluding tert-OH is 18. The van der Waals surface area contributed by atoms with Gasteiger partial charge in [0.05, 0.1) is 63.6 Å². The first-order valence-electron chi connectivity index (χ1n) is 26.0. The second-order valence-corrected chi connectivity index (χ2v) is 22.0. The van der Waals surface area contributed by atoms with Crippen molar-refractivity contribution in [3.05, 3.63) is 11.5 Å².